The molecule has 1 unspecified atom stereocenters. The standard InChI is InChI=1S/C38H44N4O2/c1-26-32(18-21-41(3)4)27(2)40-37-35(26)33-12-8-9-13-34(33)42(37)25-29-14-16-30(17-15-29)36(31-19-22-44-23-20-31)38(43)39-24-28-10-6-5-7-11-28/h5-17,31,36H,18-25H2,1-4H3,(H,39,43). The third kappa shape index (κ3) is 6.28. The molecule has 3 heterocycles. The van der Waals surface area contributed by atoms with E-state index in [2.05, 4.69) is 103 Å². The van der Waals surface area contributed by atoms with E-state index in [9.17, 15) is 4.79 Å². The summed E-state index contributed by atoms with van der Waals surface area (Å²) in [6, 6.07) is 27.5. The lowest BCUT2D eigenvalue weighted by Crippen LogP contribution is -2.35. The minimum absolute atomic E-state index is 0.0936. The number of para-hydroxylation sites is 1. The number of amides is 1. The van der Waals surface area contributed by atoms with Crippen LogP contribution in [0, 0.1) is 19.8 Å². The van der Waals surface area contributed by atoms with Crippen LogP contribution in [0.2, 0.25) is 0 Å². The number of benzene rings is 3. The van der Waals surface area contributed by atoms with Gasteiger partial charge in [-0.15, -0.1) is 0 Å². The summed E-state index contributed by atoms with van der Waals surface area (Å²) in [5.41, 5.74) is 9.41. The summed E-state index contributed by atoms with van der Waals surface area (Å²) < 4.78 is 8.01. The summed E-state index contributed by atoms with van der Waals surface area (Å²) in [4.78, 5) is 21.1. The van der Waals surface area contributed by atoms with Crippen LogP contribution in [-0.4, -0.2) is 54.2 Å². The number of carbonyl (C=O) groups is 1. The van der Waals surface area contributed by atoms with Crippen molar-refractivity contribution in [2.75, 3.05) is 33.9 Å². The van der Waals surface area contributed by atoms with E-state index in [1.807, 2.05) is 18.2 Å². The molecule has 1 aliphatic rings. The Labute approximate surface area is 261 Å². The van der Waals surface area contributed by atoms with E-state index >= 15 is 0 Å². The number of nitrogens with zero attached hydrogens (tertiary/aromatic N) is 3. The molecular formula is C38H44N4O2. The SMILES string of the molecule is Cc1nc2c(c(C)c1CCN(C)C)c1ccccc1n2Cc1ccc(C(C(=O)NCc2ccccc2)C2CCOCC2)cc1. The Morgan fingerprint density at radius 1 is 0.955 bits per heavy atom. The molecule has 6 rings (SSSR count). The maximum absolute atomic E-state index is 13.7. The number of hydrogen-bond acceptors (Lipinski definition) is 4. The Morgan fingerprint density at radius 2 is 1.66 bits per heavy atom. The Morgan fingerprint density at radius 3 is 2.39 bits per heavy atom. The molecular weight excluding hydrogens is 544 g/mol. The van der Waals surface area contributed by atoms with Gasteiger partial charge in [-0.25, -0.2) is 4.98 Å². The highest BCUT2D eigenvalue weighted by atomic mass is 16.5. The average molecular weight is 589 g/mol. The third-order valence-electron chi connectivity index (χ3n) is 9.30. The Kier molecular flexibility index (Phi) is 9.10. The minimum Gasteiger partial charge on any atom is -0.381 e. The Hall–Kier alpha value is -4.00. The predicted molar refractivity (Wildman–Crippen MR) is 179 cm³/mol. The predicted octanol–water partition coefficient (Wildman–Crippen LogP) is 6.79. The summed E-state index contributed by atoms with van der Waals surface area (Å²) in [6.45, 7) is 8.08. The van der Waals surface area contributed by atoms with Gasteiger partial charge in [0.15, 0.2) is 0 Å². The first-order chi connectivity index (χ1) is 21.4. The molecule has 1 atom stereocenters. The average Bonchev–Trinajstić information content (AvgIpc) is 3.34. The quantitative estimate of drug-likeness (QED) is 0.195. The molecule has 6 nitrogen and oxygen atoms in total. The zero-order valence-corrected chi connectivity index (χ0v) is 26.5. The molecule has 1 amide bonds. The van der Waals surface area contributed by atoms with Gasteiger partial charge in [-0.3, -0.25) is 4.79 Å². The molecule has 5 aromatic rings. The molecule has 1 N–H and O–H groups in total. The second kappa shape index (κ2) is 13.3. The van der Waals surface area contributed by atoms with Gasteiger partial charge in [0, 0.05) is 49.3 Å². The zero-order chi connectivity index (χ0) is 30.6. The summed E-state index contributed by atoms with van der Waals surface area (Å²) in [5, 5.41) is 5.73. The number of likely N-dealkylation sites (N-methyl/N-ethyl adjacent to an activating group) is 1. The van der Waals surface area contributed by atoms with Gasteiger partial charge in [-0.2, -0.15) is 0 Å². The fourth-order valence-electron chi connectivity index (χ4n) is 6.88. The maximum Gasteiger partial charge on any atom is 0.228 e. The third-order valence-corrected chi connectivity index (χ3v) is 9.30. The molecule has 228 valence electrons. The van der Waals surface area contributed by atoms with Crippen LogP contribution in [0.1, 0.15) is 52.3 Å². The van der Waals surface area contributed by atoms with Gasteiger partial charge in [0.2, 0.25) is 5.91 Å². The number of carbonyl (C=O) groups excluding carboxylic acids is 1. The molecule has 2 aromatic heterocycles. The van der Waals surface area contributed by atoms with E-state index in [-0.39, 0.29) is 17.7 Å². The number of nitrogens with one attached hydrogen (secondary N) is 1. The van der Waals surface area contributed by atoms with Crippen molar-refractivity contribution in [3.05, 3.63) is 112 Å². The fraction of sp³-hybridized carbons (Fsp3) is 0.368. The summed E-state index contributed by atoms with van der Waals surface area (Å²) in [6.07, 6.45) is 2.78. The van der Waals surface area contributed by atoms with Crippen molar-refractivity contribution in [1.82, 2.24) is 19.8 Å². The first-order valence-electron chi connectivity index (χ1n) is 15.9. The largest absolute Gasteiger partial charge is 0.381 e. The lowest BCUT2D eigenvalue weighted by atomic mass is 9.80. The topological polar surface area (TPSA) is 59.4 Å². The van der Waals surface area contributed by atoms with Crippen molar-refractivity contribution in [3.63, 3.8) is 0 Å². The van der Waals surface area contributed by atoms with Crippen LogP contribution in [0.4, 0.5) is 0 Å². The van der Waals surface area contributed by atoms with Gasteiger partial charge in [-0.1, -0.05) is 72.8 Å². The van der Waals surface area contributed by atoms with E-state index < -0.39 is 0 Å². The van der Waals surface area contributed by atoms with E-state index in [4.69, 9.17) is 9.72 Å². The molecule has 44 heavy (non-hydrogen) atoms. The lowest BCUT2D eigenvalue weighted by Gasteiger charge is -2.30. The van der Waals surface area contributed by atoms with Gasteiger partial charge >= 0.3 is 0 Å². The lowest BCUT2D eigenvalue weighted by molar-refractivity contribution is -0.124. The number of ether oxygens (including phenoxy) is 1. The molecule has 0 saturated carbocycles. The summed E-state index contributed by atoms with van der Waals surface area (Å²) in [5.74, 6) is 0.160. The molecule has 0 aliphatic carbocycles. The van der Waals surface area contributed by atoms with Gasteiger partial charge in [0.1, 0.15) is 5.65 Å². The molecule has 1 aliphatic heterocycles. The molecule has 6 heteroatoms. The van der Waals surface area contributed by atoms with Crippen LogP contribution < -0.4 is 5.32 Å². The van der Waals surface area contributed by atoms with Crippen LogP contribution in [0.3, 0.4) is 0 Å². The van der Waals surface area contributed by atoms with Gasteiger partial charge in [0.05, 0.1) is 11.4 Å². The number of pyridine rings is 1. The van der Waals surface area contributed by atoms with Crippen LogP contribution in [-0.2, 0) is 29.0 Å². The van der Waals surface area contributed by atoms with E-state index in [1.54, 1.807) is 0 Å². The number of aryl methyl sites for hydroxylation is 2. The van der Waals surface area contributed by atoms with Gasteiger partial charge < -0.3 is 19.5 Å². The van der Waals surface area contributed by atoms with Crippen molar-refractivity contribution in [2.24, 2.45) is 5.92 Å². The monoisotopic (exact) mass is 588 g/mol. The molecule has 1 saturated heterocycles. The first kappa shape index (κ1) is 30.0. The highest BCUT2D eigenvalue weighted by molar-refractivity contribution is 6.08. The van der Waals surface area contributed by atoms with Gasteiger partial charge in [-0.05, 0) is 87.0 Å². The highest BCUT2D eigenvalue weighted by Crippen LogP contribution is 2.35. The molecule has 3 aromatic carbocycles. The second-order valence-electron chi connectivity index (χ2n) is 12.5. The van der Waals surface area contributed by atoms with Crippen molar-refractivity contribution in [1.29, 1.82) is 0 Å². The van der Waals surface area contributed by atoms with E-state index in [0.29, 0.717) is 19.8 Å². The number of aromatic nitrogens is 2. The van der Waals surface area contributed by atoms with E-state index in [1.165, 1.54) is 33.0 Å². The van der Waals surface area contributed by atoms with Gasteiger partial charge in [0.25, 0.3) is 0 Å². The number of fused-ring (bicyclic) bond motifs is 3. The highest BCUT2D eigenvalue weighted by Gasteiger charge is 2.31. The Balaban J connectivity index is 1.30. The van der Waals surface area contributed by atoms with Crippen LogP contribution >= 0.6 is 0 Å². The summed E-state index contributed by atoms with van der Waals surface area (Å²) in [7, 11) is 4.24. The smallest absolute Gasteiger partial charge is 0.228 e. The molecule has 0 radical (unpaired) electrons. The molecule has 1 fully saturated rings. The first-order valence-corrected chi connectivity index (χ1v) is 15.9. The normalized spacial score (nSPS) is 14.8. The van der Waals surface area contributed by atoms with Crippen LogP contribution in [0.15, 0.2) is 78.9 Å². The van der Waals surface area contributed by atoms with Crippen LogP contribution in [0.5, 0.6) is 0 Å². The zero-order valence-electron chi connectivity index (χ0n) is 26.5. The number of rotatable bonds is 10. The van der Waals surface area contributed by atoms with Crippen molar-refractivity contribution in [2.45, 2.75) is 52.1 Å². The van der Waals surface area contributed by atoms with Crippen LogP contribution in [0.25, 0.3) is 21.9 Å². The maximum atomic E-state index is 13.7. The minimum atomic E-state index is -0.197. The fourth-order valence-corrected chi connectivity index (χ4v) is 6.88. The van der Waals surface area contributed by atoms with E-state index in [0.717, 1.165) is 54.8 Å². The second-order valence-corrected chi connectivity index (χ2v) is 12.5. The summed E-state index contributed by atoms with van der Waals surface area (Å²) >= 11 is 0. The van der Waals surface area contributed by atoms with Crippen molar-refractivity contribution in [3.8, 4) is 0 Å². The molecule has 0 spiro atoms. The van der Waals surface area contributed by atoms with Crippen molar-refractivity contribution < 1.29 is 9.53 Å². The molecule has 0 bridgehead atoms. The number of hydrogen-bond donors (Lipinski definition) is 1. The van der Waals surface area contributed by atoms with Crippen molar-refractivity contribution >= 4 is 27.8 Å². The Bertz CT molecular complexity index is 1730.